The molecule has 0 saturated carbocycles. The first-order valence-electron chi connectivity index (χ1n) is 7.51. The molecule has 1 aliphatic rings. The minimum Gasteiger partial charge on any atom is -0.355 e. The molecule has 0 aliphatic carbocycles. The fraction of sp³-hybridized carbons (Fsp3) is 0.375. The minimum atomic E-state index is 0.0150. The summed E-state index contributed by atoms with van der Waals surface area (Å²) in [4.78, 5) is 26.7. The number of hydrogen-bond donors (Lipinski definition) is 1. The molecule has 0 bridgehead atoms. The standard InChI is InChI=1S/C16H19N5O/c22-15(18-10-4-13-2-8-17-9-3-13)14-5-11-21(12-14)16-19-6-1-7-20-16/h1-3,6-9,14H,4-5,10-12H2,(H,18,22)/t14-/m1/s1. The molecule has 2 aromatic rings. The van der Waals surface area contributed by atoms with Crippen LogP contribution >= 0.6 is 0 Å². The largest absolute Gasteiger partial charge is 0.355 e. The van der Waals surface area contributed by atoms with Gasteiger partial charge in [-0.05, 0) is 36.6 Å². The van der Waals surface area contributed by atoms with Gasteiger partial charge in [-0.3, -0.25) is 9.78 Å². The van der Waals surface area contributed by atoms with Crippen molar-refractivity contribution in [3.05, 3.63) is 48.5 Å². The number of anilines is 1. The summed E-state index contributed by atoms with van der Waals surface area (Å²) < 4.78 is 0. The lowest BCUT2D eigenvalue weighted by Crippen LogP contribution is -2.34. The molecule has 3 rings (SSSR count). The van der Waals surface area contributed by atoms with Crippen LogP contribution in [0.1, 0.15) is 12.0 Å². The van der Waals surface area contributed by atoms with Crippen LogP contribution in [0, 0.1) is 5.92 Å². The van der Waals surface area contributed by atoms with Gasteiger partial charge in [-0.25, -0.2) is 9.97 Å². The van der Waals surface area contributed by atoms with E-state index in [9.17, 15) is 4.79 Å². The van der Waals surface area contributed by atoms with Gasteiger partial charge in [-0.1, -0.05) is 0 Å². The highest BCUT2D eigenvalue weighted by Crippen LogP contribution is 2.20. The molecular weight excluding hydrogens is 278 g/mol. The number of pyridine rings is 1. The molecule has 1 aliphatic heterocycles. The molecule has 6 nitrogen and oxygen atoms in total. The first kappa shape index (κ1) is 14.4. The molecule has 1 atom stereocenters. The predicted octanol–water partition coefficient (Wildman–Crippen LogP) is 1.06. The molecule has 22 heavy (non-hydrogen) atoms. The van der Waals surface area contributed by atoms with Crippen molar-refractivity contribution < 1.29 is 4.79 Å². The molecule has 1 amide bonds. The second kappa shape index (κ2) is 6.98. The van der Waals surface area contributed by atoms with Crippen molar-refractivity contribution in [2.45, 2.75) is 12.8 Å². The van der Waals surface area contributed by atoms with Gasteiger partial charge >= 0.3 is 0 Å². The summed E-state index contributed by atoms with van der Waals surface area (Å²) in [6.07, 6.45) is 8.67. The molecule has 1 N–H and O–H groups in total. The van der Waals surface area contributed by atoms with Gasteiger partial charge in [0.25, 0.3) is 0 Å². The van der Waals surface area contributed by atoms with E-state index in [2.05, 4.69) is 25.2 Å². The highest BCUT2D eigenvalue weighted by atomic mass is 16.1. The Bertz CT molecular complexity index is 604. The molecule has 114 valence electrons. The highest BCUT2D eigenvalue weighted by molar-refractivity contribution is 5.79. The van der Waals surface area contributed by atoms with Gasteiger partial charge in [-0.15, -0.1) is 0 Å². The van der Waals surface area contributed by atoms with Gasteiger partial charge in [0.05, 0.1) is 5.92 Å². The molecule has 6 heteroatoms. The Morgan fingerprint density at radius 3 is 2.77 bits per heavy atom. The van der Waals surface area contributed by atoms with Gasteiger partial charge in [0, 0.05) is 44.4 Å². The number of carbonyl (C=O) groups excluding carboxylic acids is 1. The summed E-state index contributed by atoms with van der Waals surface area (Å²) >= 11 is 0. The van der Waals surface area contributed by atoms with Crippen LogP contribution in [0.2, 0.25) is 0 Å². The summed E-state index contributed by atoms with van der Waals surface area (Å²) in [6, 6.07) is 5.73. The van der Waals surface area contributed by atoms with Gasteiger partial charge in [0.1, 0.15) is 0 Å². The Balaban J connectivity index is 1.46. The number of nitrogens with one attached hydrogen (secondary N) is 1. The molecule has 3 heterocycles. The van der Waals surface area contributed by atoms with Gasteiger partial charge < -0.3 is 10.2 Å². The molecular formula is C16H19N5O. The molecule has 0 aromatic carbocycles. The van der Waals surface area contributed by atoms with E-state index in [1.54, 1.807) is 30.9 Å². The van der Waals surface area contributed by atoms with Crippen LogP contribution in [0.5, 0.6) is 0 Å². The van der Waals surface area contributed by atoms with E-state index in [4.69, 9.17) is 0 Å². The van der Waals surface area contributed by atoms with Crippen LogP contribution < -0.4 is 10.2 Å². The van der Waals surface area contributed by atoms with Crippen LogP contribution in [0.3, 0.4) is 0 Å². The van der Waals surface area contributed by atoms with E-state index in [0.717, 1.165) is 19.4 Å². The number of carbonyl (C=O) groups is 1. The third-order valence-corrected chi connectivity index (χ3v) is 3.86. The van der Waals surface area contributed by atoms with Crippen molar-refractivity contribution in [3.8, 4) is 0 Å². The van der Waals surface area contributed by atoms with Gasteiger partial charge in [-0.2, -0.15) is 0 Å². The van der Waals surface area contributed by atoms with Crippen molar-refractivity contribution in [3.63, 3.8) is 0 Å². The normalized spacial score (nSPS) is 17.5. The molecule has 1 fully saturated rings. The fourth-order valence-corrected chi connectivity index (χ4v) is 2.63. The average Bonchev–Trinajstić information content (AvgIpc) is 3.07. The highest BCUT2D eigenvalue weighted by Gasteiger charge is 2.29. The maximum atomic E-state index is 12.2. The van der Waals surface area contributed by atoms with E-state index in [1.165, 1.54) is 5.56 Å². The van der Waals surface area contributed by atoms with Crippen molar-refractivity contribution in [1.82, 2.24) is 20.3 Å². The summed E-state index contributed by atoms with van der Waals surface area (Å²) in [5.74, 6) is 0.836. The summed E-state index contributed by atoms with van der Waals surface area (Å²) in [5, 5.41) is 3.02. The van der Waals surface area contributed by atoms with Crippen LogP contribution in [-0.2, 0) is 11.2 Å². The molecule has 2 aromatic heterocycles. The predicted molar refractivity (Wildman–Crippen MR) is 83.3 cm³/mol. The summed E-state index contributed by atoms with van der Waals surface area (Å²) in [5.41, 5.74) is 1.18. The Morgan fingerprint density at radius 2 is 2.00 bits per heavy atom. The zero-order chi connectivity index (χ0) is 15.2. The average molecular weight is 297 g/mol. The lowest BCUT2D eigenvalue weighted by atomic mass is 10.1. The second-order valence-electron chi connectivity index (χ2n) is 5.38. The van der Waals surface area contributed by atoms with Gasteiger partial charge in [0.15, 0.2) is 0 Å². The molecule has 0 spiro atoms. The lowest BCUT2D eigenvalue weighted by Gasteiger charge is -2.15. The molecule has 0 unspecified atom stereocenters. The van der Waals surface area contributed by atoms with E-state index >= 15 is 0 Å². The lowest BCUT2D eigenvalue weighted by molar-refractivity contribution is -0.124. The van der Waals surface area contributed by atoms with E-state index in [0.29, 0.717) is 19.0 Å². The summed E-state index contributed by atoms with van der Waals surface area (Å²) in [7, 11) is 0. The zero-order valence-corrected chi connectivity index (χ0v) is 12.4. The molecule has 1 saturated heterocycles. The first-order valence-corrected chi connectivity index (χ1v) is 7.51. The van der Waals surface area contributed by atoms with Crippen molar-refractivity contribution in [1.29, 1.82) is 0 Å². The Kier molecular flexibility index (Phi) is 4.58. The quantitative estimate of drug-likeness (QED) is 0.893. The van der Waals surface area contributed by atoms with E-state index < -0.39 is 0 Å². The van der Waals surface area contributed by atoms with Crippen molar-refractivity contribution in [2.75, 3.05) is 24.5 Å². The SMILES string of the molecule is O=C(NCCc1ccncc1)[C@@H]1CCN(c2ncccn2)C1. The van der Waals surface area contributed by atoms with Crippen LogP contribution in [0.25, 0.3) is 0 Å². The number of hydrogen-bond acceptors (Lipinski definition) is 5. The monoisotopic (exact) mass is 297 g/mol. The van der Waals surface area contributed by atoms with Crippen LogP contribution in [-0.4, -0.2) is 40.5 Å². The maximum absolute atomic E-state index is 12.2. The smallest absolute Gasteiger partial charge is 0.225 e. The van der Waals surface area contributed by atoms with Crippen LogP contribution in [0.4, 0.5) is 5.95 Å². The first-order chi connectivity index (χ1) is 10.8. The number of amides is 1. The number of aromatic nitrogens is 3. The third kappa shape index (κ3) is 3.58. The topological polar surface area (TPSA) is 71.0 Å². The number of rotatable bonds is 5. The van der Waals surface area contributed by atoms with Crippen LogP contribution in [0.15, 0.2) is 43.0 Å². The Labute approximate surface area is 129 Å². The Hall–Kier alpha value is -2.50. The van der Waals surface area contributed by atoms with E-state index in [-0.39, 0.29) is 11.8 Å². The minimum absolute atomic E-state index is 0.0150. The maximum Gasteiger partial charge on any atom is 0.225 e. The van der Waals surface area contributed by atoms with Crippen molar-refractivity contribution >= 4 is 11.9 Å². The second-order valence-corrected chi connectivity index (χ2v) is 5.38. The fourth-order valence-electron chi connectivity index (χ4n) is 2.63. The van der Waals surface area contributed by atoms with Gasteiger partial charge in [0.2, 0.25) is 11.9 Å². The van der Waals surface area contributed by atoms with E-state index in [1.807, 2.05) is 12.1 Å². The third-order valence-electron chi connectivity index (χ3n) is 3.86. The zero-order valence-electron chi connectivity index (χ0n) is 12.4. The Morgan fingerprint density at radius 1 is 1.23 bits per heavy atom. The molecule has 0 radical (unpaired) electrons. The van der Waals surface area contributed by atoms with Crippen molar-refractivity contribution in [2.24, 2.45) is 5.92 Å². The number of nitrogens with zero attached hydrogens (tertiary/aromatic N) is 4. The summed E-state index contributed by atoms with van der Waals surface area (Å²) in [6.45, 7) is 2.17.